The van der Waals surface area contributed by atoms with Gasteiger partial charge in [0.2, 0.25) is 0 Å². The Bertz CT molecular complexity index is 297. The van der Waals surface area contributed by atoms with Gasteiger partial charge in [-0.1, -0.05) is 6.07 Å². The predicted octanol–water partition coefficient (Wildman–Crippen LogP) is -0.232. The lowest BCUT2D eigenvalue weighted by Crippen LogP contribution is -2.01. The van der Waals surface area contributed by atoms with Gasteiger partial charge in [-0.05, 0) is 12.1 Å². The van der Waals surface area contributed by atoms with E-state index >= 15 is 0 Å². The molecule has 3 N–H and O–H groups in total. The minimum Gasteiger partial charge on any atom is -0.477 e. The highest BCUT2D eigenvalue weighted by atomic mass is 16.4. The van der Waals surface area contributed by atoms with Gasteiger partial charge in [0.25, 0.3) is 0 Å². The van der Waals surface area contributed by atoms with Crippen LogP contribution in [0.25, 0.3) is 0 Å². The Morgan fingerprint density at radius 3 is 2.67 bits per heavy atom. The quantitative estimate of drug-likeness (QED) is 0.618. The molecule has 0 unspecified atom stereocenters. The third kappa shape index (κ3) is 2.14. The van der Waals surface area contributed by atoms with E-state index in [1.807, 2.05) is 0 Å². The molecule has 5 heteroatoms. The average molecular weight is 169 g/mol. The van der Waals surface area contributed by atoms with E-state index in [0.717, 1.165) is 0 Å². The monoisotopic (exact) mass is 169 g/mol. The molecule has 0 atom stereocenters. The molecule has 1 heterocycles. The summed E-state index contributed by atoms with van der Waals surface area (Å²) in [7, 11) is 0. The highest BCUT2D eigenvalue weighted by Gasteiger charge is 2.03. The zero-order chi connectivity index (χ0) is 8.27. The number of aldehydes is 1. The zero-order valence-corrected chi connectivity index (χ0v) is 6.02. The average Bonchev–Trinajstić information content (AvgIpc) is 2.05. The fraction of sp³-hybridized carbons (Fsp3) is 0. The van der Waals surface area contributed by atoms with E-state index in [4.69, 9.17) is 5.11 Å². The van der Waals surface area contributed by atoms with Crippen molar-refractivity contribution in [3.8, 4) is 0 Å². The largest absolute Gasteiger partial charge is 0.477 e. The number of aromatic nitrogens is 1. The maximum atomic E-state index is 10.3. The zero-order valence-electron chi connectivity index (χ0n) is 6.02. The van der Waals surface area contributed by atoms with Crippen molar-refractivity contribution in [1.82, 2.24) is 4.98 Å². The van der Waals surface area contributed by atoms with E-state index in [1.54, 1.807) is 0 Å². The van der Waals surface area contributed by atoms with Crippen molar-refractivity contribution >= 4 is 12.3 Å². The van der Waals surface area contributed by atoms with E-state index in [0.29, 0.717) is 6.29 Å². The van der Waals surface area contributed by atoms with E-state index < -0.39 is 5.97 Å². The second-order valence-electron chi connectivity index (χ2n) is 1.87. The van der Waals surface area contributed by atoms with Crippen LogP contribution in [0.15, 0.2) is 18.2 Å². The topological polar surface area (TPSA) is 98.8 Å². The molecule has 0 saturated heterocycles. The van der Waals surface area contributed by atoms with Gasteiger partial charge in [0.1, 0.15) is 11.4 Å². The molecule has 1 aromatic rings. The first-order valence-electron chi connectivity index (χ1n) is 2.89. The number of carbonyl (C=O) groups is 2. The standard InChI is InChI=1S/C7H5NO3.H2O/c9-4-5-2-1-3-6(8-5)7(10)11;/h1-4H,(H,10,11);1H2. The molecular weight excluding hydrogens is 162 g/mol. The van der Waals surface area contributed by atoms with Crippen LogP contribution in [0.1, 0.15) is 21.0 Å². The van der Waals surface area contributed by atoms with Crippen LogP contribution in [0, 0.1) is 0 Å². The number of rotatable bonds is 2. The van der Waals surface area contributed by atoms with Gasteiger partial charge in [-0.25, -0.2) is 9.78 Å². The lowest BCUT2D eigenvalue weighted by molar-refractivity contribution is 0.0690. The first-order valence-corrected chi connectivity index (χ1v) is 2.89. The van der Waals surface area contributed by atoms with E-state index in [-0.39, 0.29) is 16.9 Å². The molecule has 0 spiro atoms. The number of pyridine rings is 1. The van der Waals surface area contributed by atoms with Crippen LogP contribution in [-0.2, 0) is 0 Å². The fourth-order valence-corrected chi connectivity index (χ4v) is 0.636. The molecule has 0 amide bonds. The van der Waals surface area contributed by atoms with Crippen LogP contribution < -0.4 is 0 Å². The van der Waals surface area contributed by atoms with Crippen molar-refractivity contribution in [2.75, 3.05) is 0 Å². The first kappa shape index (κ1) is 10.2. The smallest absolute Gasteiger partial charge is 0.354 e. The summed E-state index contributed by atoms with van der Waals surface area (Å²) < 4.78 is 0. The van der Waals surface area contributed by atoms with Crippen molar-refractivity contribution < 1.29 is 20.2 Å². The second-order valence-corrected chi connectivity index (χ2v) is 1.87. The minimum absolute atomic E-state index is 0. The molecule has 5 nitrogen and oxygen atoms in total. The van der Waals surface area contributed by atoms with Crippen LogP contribution in [-0.4, -0.2) is 27.8 Å². The lowest BCUT2D eigenvalue weighted by Gasteiger charge is -1.92. The second kappa shape index (κ2) is 4.20. The van der Waals surface area contributed by atoms with Crippen LogP contribution in [0.4, 0.5) is 0 Å². The highest BCUT2D eigenvalue weighted by molar-refractivity contribution is 5.86. The lowest BCUT2D eigenvalue weighted by atomic mass is 10.3. The summed E-state index contributed by atoms with van der Waals surface area (Å²) in [6, 6.07) is 4.24. The molecule has 1 rings (SSSR count). The van der Waals surface area contributed by atoms with Crippen molar-refractivity contribution in [3.63, 3.8) is 0 Å². The van der Waals surface area contributed by atoms with E-state index in [9.17, 15) is 9.59 Å². The summed E-state index contributed by atoms with van der Waals surface area (Å²) in [5.41, 5.74) is 0.0134. The van der Waals surface area contributed by atoms with Gasteiger partial charge in [-0.2, -0.15) is 0 Å². The van der Waals surface area contributed by atoms with Crippen LogP contribution in [0.5, 0.6) is 0 Å². The summed E-state index contributed by atoms with van der Waals surface area (Å²) >= 11 is 0. The van der Waals surface area contributed by atoms with E-state index in [2.05, 4.69) is 4.98 Å². The van der Waals surface area contributed by atoms with Gasteiger partial charge in [-0.3, -0.25) is 4.79 Å². The maximum Gasteiger partial charge on any atom is 0.354 e. The Balaban J connectivity index is 0.00000121. The Morgan fingerprint density at radius 2 is 2.17 bits per heavy atom. The molecule has 0 fully saturated rings. The van der Waals surface area contributed by atoms with Gasteiger partial charge >= 0.3 is 5.97 Å². The third-order valence-corrected chi connectivity index (χ3v) is 1.11. The van der Waals surface area contributed by atoms with Crippen LogP contribution >= 0.6 is 0 Å². The van der Waals surface area contributed by atoms with E-state index in [1.165, 1.54) is 18.2 Å². The molecule has 0 radical (unpaired) electrons. The molecule has 0 aliphatic carbocycles. The Labute approximate surface area is 68.0 Å². The van der Waals surface area contributed by atoms with Crippen LogP contribution in [0.2, 0.25) is 0 Å². The number of aromatic carboxylic acids is 1. The summed E-state index contributed by atoms with van der Waals surface area (Å²) in [5.74, 6) is -1.13. The SMILES string of the molecule is O.O=Cc1cccc(C(=O)O)n1. The number of carboxylic acid groups (broad SMARTS) is 1. The molecule has 12 heavy (non-hydrogen) atoms. The fourth-order valence-electron chi connectivity index (χ4n) is 0.636. The summed E-state index contributed by atoms with van der Waals surface area (Å²) in [5, 5.41) is 8.43. The van der Waals surface area contributed by atoms with Crippen LogP contribution in [0.3, 0.4) is 0 Å². The van der Waals surface area contributed by atoms with Gasteiger partial charge in [0.05, 0.1) is 0 Å². The predicted molar refractivity (Wildman–Crippen MR) is 40.2 cm³/mol. The molecule has 1 aromatic heterocycles. The summed E-state index contributed by atoms with van der Waals surface area (Å²) in [6.07, 6.45) is 0.506. The first-order chi connectivity index (χ1) is 5.24. The molecular formula is C7H7NO4. The van der Waals surface area contributed by atoms with Gasteiger partial charge in [0, 0.05) is 0 Å². The number of carboxylic acids is 1. The van der Waals surface area contributed by atoms with Gasteiger partial charge in [-0.15, -0.1) is 0 Å². The van der Waals surface area contributed by atoms with Gasteiger partial charge < -0.3 is 10.6 Å². The highest BCUT2D eigenvalue weighted by Crippen LogP contribution is 1.96. The van der Waals surface area contributed by atoms with Crippen molar-refractivity contribution in [3.05, 3.63) is 29.6 Å². The molecule has 0 aliphatic rings. The number of carbonyl (C=O) groups excluding carboxylic acids is 1. The number of hydrogen-bond donors (Lipinski definition) is 1. The minimum atomic E-state index is -1.13. The maximum absolute atomic E-state index is 10.3. The Morgan fingerprint density at radius 1 is 1.50 bits per heavy atom. The number of nitrogens with zero attached hydrogens (tertiary/aromatic N) is 1. The van der Waals surface area contributed by atoms with Crippen molar-refractivity contribution in [2.24, 2.45) is 0 Å². The molecule has 0 saturated carbocycles. The third-order valence-electron chi connectivity index (χ3n) is 1.11. The summed E-state index contributed by atoms with van der Waals surface area (Å²) in [6.45, 7) is 0. The molecule has 64 valence electrons. The number of hydrogen-bond acceptors (Lipinski definition) is 3. The molecule has 0 bridgehead atoms. The Kier molecular flexibility index (Phi) is 3.58. The van der Waals surface area contributed by atoms with Crippen molar-refractivity contribution in [2.45, 2.75) is 0 Å². The molecule has 0 aromatic carbocycles. The molecule has 0 aliphatic heterocycles. The van der Waals surface area contributed by atoms with Gasteiger partial charge in [0.15, 0.2) is 6.29 Å². The summed E-state index contributed by atoms with van der Waals surface area (Å²) in [4.78, 5) is 23.9. The van der Waals surface area contributed by atoms with Crippen molar-refractivity contribution in [1.29, 1.82) is 0 Å². The Hall–Kier alpha value is -1.75. The normalized spacial score (nSPS) is 8.33.